The predicted molar refractivity (Wildman–Crippen MR) is 73.7 cm³/mol. The number of rotatable bonds is 5. The van der Waals surface area contributed by atoms with Gasteiger partial charge >= 0.3 is 0 Å². The van der Waals surface area contributed by atoms with Gasteiger partial charge in [0, 0.05) is 18.2 Å². The van der Waals surface area contributed by atoms with E-state index in [1.165, 1.54) is 0 Å². The molecule has 4 heteroatoms. The number of methoxy groups -OCH3 is 2. The zero-order valence-corrected chi connectivity index (χ0v) is 11.6. The molecule has 0 amide bonds. The van der Waals surface area contributed by atoms with E-state index in [4.69, 9.17) is 15.2 Å². The third kappa shape index (κ3) is 2.38. The van der Waals surface area contributed by atoms with E-state index < -0.39 is 0 Å². The number of hydrogen-bond donors (Lipinski definition) is 2. The smallest absolute Gasteiger partial charge is 0.145 e. The van der Waals surface area contributed by atoms with Crippen LogP contribution in [0.15, 0.2) is 6.07 Å². The van der Waals surface area contributed by atoms with Crippen LogP contribution in [0.25, 0.3) is 0 Å². The first-order chi connectivity index (χ1) is 8.50. The Labute approximate surface area is 108 Å². The zero-order chi connectivity index (χ0) is 13.3. The lowest BCUT2D eigenvalue weighted by molar-refractivity contribution is 0.399. The van der Waals surface area contributed by atoms with Crippen molar-refractivity contribution in [2.45, 2.75) is 32.2 Å². The summed E-state index contributed by atoms with van der Waals surface area (Å²) >= 11 is 0. The van der Waals surface area contributed by atoms with Crippen LogP contribution in [0, 0.1) is 13.8 Å². The molecule has 0 bridgehead atoms. The maximum Gasteiger partial charge on any atom is 0.145 e. The van der Waals surface area contributed by atoms with Gasteiger partial charge in [0.1, 0.15) is 11.5 Å². The zero-order valence-electron chi connectivity index (χ0n) is 11.6. The summed E-state index contributed by atoms with van der Waals surface area (Å²) in [5, 5.41) is 3.38. The first-order valence-electron chi connectivity index (χ1n) is 6.25. The Kier molecular flexibility index (Phi) is 3.39. The second-order valence-electron chi connectivity index (χ2n) is 5.13. The third-order valence-corrected chi connectivity index (χ3v) is 3.74. The summed E-state index contributed by atoms with van der Waals surface area (Å²) in [6.45, 7) is 4.85. The fraction of sp³-hybridized carbons (Fsp3) is 0.571. The van der Waals surface area contributed by atoms with Crippen LogP contribution in [0.5, 0.6) is 11.5 Å². The molecule has 100 valence electrons. The minimum absolute atomic E-state index is 0.0307. The van der Waals surface area contributed by atoms with E-state index in [2.05, 4.69) is 5.32 Å². The molecule has 1 saturated carbocycles. The first-order valence-corrected chi connectivity index (χ1v) is 6.25. The van der Waals surface area contributed by atoms with Crippen LogP contribution in [0.3, 0.4) is 0 Å². The summed E-state index contributed by atoms with van der Waals surface area (Å²) < 4.78 is 10.9. The van der Waals surface area contributed by atoms with Gasteiger partial charge in [-0.2, -0.15) is 0 Å². The monoisotopic (exact) mass is 250 g/mol. The largest absolute Gasteiger partial charge is 0.496 e. The van der Waals surface area contributed by atoms with Crippen molar-refractivity contribution in [3.63, 3.8) is 0 Å². The molecule has 0 spiro atoms. The van der Waals surface area contributed by atoms with Gasteiger partial charge < -0.3 is 20.5 Å². The summed E-state index contributed by atoms with van der Waals surface area (Å²) in [5.74, 6) is 1.75. The van der Waals surface area contributed by atoms with E-state index in [0.29, 0.717) is 0 Å². The van der Waals surface area contributed by atoms with Crippen molar-refractivity contribution in [2.24, 2.45) is 5.73 Å². The highest BCUT2D eigenvalue weighted by Crippen LogP contribution is 2.38. The summed E-state index contributed by atoms with van der Waals surface area (Å²) in [5.41, 5.74) is 9.22. The first kappa shape index (κ1) is 13.0. The summed E-state index contributed by atoms with van der Waals surface area (Å²) in [4.78, 5) is 0. The minimum atomic E-state index is -0.0307. The van der Waals surface area contributed by atoms with E-state index in [1.54, 1.807) is 14.2 Å². The van der Waals surface area contributed by atoms with Gasteiger partial charge in [-0.3, -0.25) is 0 Å². The SMILES string of the molecule is COc1cc(NCC2(N)CC2)c(OC)c(C)c1C. The number of anilines is 1. The molecule has 0 unspecified atom stereocenters. The van der Waals surface area contributed by atoms with Gasteiger partial charge in [0.2, 0.25) is 0 Å². The number of nitrogens with two attached hydrogens (primary N) is 1. The van der Waals surface area contributed by atoms with Gasteiger partial charge in [-0.1, -0.05) is 0 Å². The average molecular weight is 250 g/mol. The van der Waals surface area contributed by atoms with Crippen molar-refractivity contribution in [1.29, 1.82) is 0 Å². The molecule has 1 aliphatic carbocycles. The van der Waals surface area contributed by atoms with Gasteiger partial charge in [0.05, 0.1) is 19.9 Å². The Bertz CT molecular complexity index is 454. The molecule has 0 heterocycles. The lowest BCUT2D eigenvalue weighted by atomic mass is 10.1. The lowest BCUT2D eigenvalue weighted by Gasteiger charge is -2.19. The van der Waals surface area contributed by atoms with Crippen LogP contribution in [-0.2, 0) is 0 Å². The normalized spacial score (nSPS) is 16.3. The van der Waals surface area contributed by atoms with Crippen LogP contribution in [0.1, 0.15) is 24.0 Å². The Morgan fingerprint density at radius 3 is 2.39 bits per heavy atom. The molecule has 2 rings (SSSR count). The molecular formula is C14H22N2O2. The standard InChI is InChI=1S/C14H22N2O2/c1-9-10(2)13(18-4)11(7-12(9)17-3)16-8-14(15)5-6-14/h7,16H,5-6,8,15H2,1-4H3. The van der Waals surface area contributed by atoms with E-state index in [9.17, 15) is 0 Å². The van der Waals surface area contributed by atoms with Gasteiger partial charge in [0.15, 0.2) is 0 Å². The highest BCUT2D eigenvalue weighted by molar-refractivity contribution is 5.66. The fourth-order valence-corrected chi connectivity index (χ4v) is 2.08. The second kappa shape index (κ2) is 4.69. The highest BCUT2D eigenvalue weighted by Gasteiger charge is 2.38. The number of benzene rings is 1. The second-order valence-corrected chi connectivity index (χ2v) is 5.13. The quantitative estimate of drug-likeness (QED) is 0.841. The minimum Gasteiger partial charge on any atom is -0.496 e. The average Bonchev–Trinajstić information content (AvgIpc) is 3.09. The number of hydrogen-bond acceptors (Lipinski definition) is 4. The summed E-state index contributed by atoms with van der Waals surface area (Å²) in [6, 6.07) is 1.98. The van der Waals surface area contributed by atoms with Crippen molar-refractivity contribution >= 4 is 5.69 Å². The fourth-order valence-electron chi connectivity index (χ4n) is 2.08. The van der Waals surface area contributed by atoms with Crippen molar-refractivity contribution < 1.29 is 9.47 Å². The van der Waals surface area contributed by atoms with Crippen molar-refractivity contribution in [1.82, 2.24) is 0 Å². The van der Waals surface area contributed by atoms with Crippen LogP contribution in [-0.4, -0.2) is 26.3 Å². The maximum atomic E-state index is 6.09. The number of nitrogens with one attached hydrogen (secondary N) is 1. The number of ether oxygens (including phenoxy) is 2. The molecule has 0 atom stereocenters. The van der Waals surface area contributed by atoms with E-state index in [0.717, 1.165) is 47.7 Å². The Morgan fingerprint density at radius 1 is 1.22 bits per heavy atom. The topological polar surface area (TPSA) is 56.5 Å². The maximum absolute atomic E-state index is 6.09. The van der Waals surface area contributed by atoms with Crippen LogP contribution < -0.4 is 20.5 Å². The van der Waals surface area contributed by atoms with Crippen molar-refractivity contribution in [2.75, 3.05) is 26.1 Å². The molecule has 0 aromatic heterocycles. The van der Waals surface area contributed by atoms with Crippen LogP contribution >= 0.6 is 0 Å². The Morgan fingerprint density at radius 2 is 1.89 bits per heavy atom. The highest BCUT2D eigenvalue weighted by atomic mass is 16.5. The molecule has 1 aromatic carbocycles. The molecule has 0 radical (unpaired) electrons. The van der Waals surface area contributed by atoms with E-state index in [-0.39, 0.29) is 5.54 Å². The predicted octanol–water partition coefficient (Wildman–Crippen LogP) is 2.22. The Hall–Kier alpha value is -1.42. The molecule has 0 aliphatic heterocycles. The molecule has 1 fully saturated rings. The molecule has 1 aliphatic rings. The molecular weight excluding hydrogens is 228 g/mol. The van der Waals surface area contributed by atoms with Crippen molar-refractivity contribution in [3.05, 3.63) is 17.2 Å². The Balaban J connectivity index is 2.28. The molecule has 3 N–H and O–H groups in total. The van der Waals surface area contributed by atoms with Gasteiger partial charge in [0.25, 0.3) is 0 Å². The lowest BCUT2D eigenvalue weighted by Crippen LogP contribution is -2.31. The molecule has 18 heavy (non-hydrogen) atoms. The van der Waals surface area contributed by atoms with E-state index in [1.807, 2.05) is 19.9 Å². The summed E-state index contributed by atoms with van der Waals surface area (Å²) in [6.07, 6.45) is 2.18. The van der Waals surface area contributed by atoms with Crippen LogP contribution in [0.2, 0.25) is 0 Å². The molecule has 0 saturated heterocycles. The third-order valence-electron chi connectivity index (χ3n) is 3.74. The van der Waals surface area contributed by atoms with Gasteiger partial charge in [-0.25, -0.2) is 0 Å². The van der Waals surface area contributed by atoms with Crippen molar-refractivity contribution in [3.8, 4) is 11.5 Å². The van der Waals surface area contributed by atoms with Gasteiger partial charge in [-0.15, -0.1) is 0 Å². The van der Waals surface area contributed by atoms with E-state index >= 15 is 0 Å². The molecule has 1 aromatic rings. The molecule has 4 nitrogen and oxygen atoms in total. The van der Waals surface area contributed by atoms with Gasteiger partial charge in [-0.05, 0) is 37.8 Å². The summed E-state index contributed by atoms with van der Waals surface area (Å²) in [7, 11) is 3.37. The van der Waals surface area contributed by atoms with Crippen LogP contribution in [0.4, 0.5) is 5.69 Å².